The second-order valence-corrected chi connectivity index (χ2v) is 7.02. The first-order valence-electron chi connectivity index (χ1n) is 9.19. The Labute approximate surface area is 154 Å². The molecule has 0 saturated carbocycles. The zero-order chi connectivity index (χ0) is 17.9. The number of piperazine rings is 1. The minimum Gasteiger partial charge on any atom is -0.365 e. The average Bonchev–Trinajstić information content (AvgIpc) is 2.68. The molecule has 1 fully saturated rings. The molecular formula is C21H25N5. The summed E-state index contributed by atoms with van der Waals surface area (Å²) >= 11 is 0. The molecule has 0 bridgehead atoms. The number of anilines is 2. The number of aryl methyl sites for hydroxylation is 1. The third-order valence-corrected chi connectivity index (χ3v) is 4.96. The van der Waals surface area contributed by atoms with Gasteiger partial charge in [-0.3, -0.25) is 0 Å². The summed E-state index contributed by atoms with van der Waals surface area (Å²) in [6.45, 7) is 6.88. The number of benzene rings is 2. The van der Waals surface area contributed by atoms with Crippen LogP contribution in [-0.4, -0.2) is 48.1 Å². The van der Waals surface area contributed by atoms with Gasteiger partial charge in [0, 0.05) is 38.1 Å². The number of hydrogen-bond acceptors (Lipinski definition) is 5. The summed E-state index contributed by atoms with van der Waals surface area (Å²) in [4.78, 5) is 14.3. The third kappa shape index (κ3) is 3.63. The fourth-order valence-electron chi connectivity index (χ4n) is 3.24. The summed E-state index contributed by atoms with van der Waals surface area (Å²) < 4.78 is 0. The van der Waals surface area contributed by atoms with E-state index in [0.29, 0.717) is 0 Å². The highest BCUT2D eigenvalue weighted by Gasteiger charge is 2.18. The van der Waals surface area contributed by atoms with Crippen molar-refractivity contribution in [1.29, 1.82) is 0 Å². The van der Waals surface area contributed by atoms with Gasteiger partial charge in [-0.25, -0.2) is 4.98 Å². The van der Waals surface area contributed by atoms with Crippen LogP contribution < -0.4 is 10.2 Å². The minimum absolute atomic E-state index is 0.753. The summed E-state index contributed by atoms with van der Waals surface area (Å²) in [5.41, 5.74) is 3.51. The monoisotopic (exact) mass is 347 g/mol. The van der Waals surface area contributed by atoms with Gasteiger partial charge in [0.05, 0.1) is 5.52 Å². The number of hydrogen-bond donors (Lipinski definition) is 1. The second-order valence-electron chi connectivity index (χ2n) is 7.02. The van der Waals surface area contributed by atoms with Crippen molar-refractivity contribution in [3.8, 4) is 0 Å². The molecule has 134 valence electrons. The standard InChI is InChI=1S/C21H25N5/c1-16-7-9-17(10-8-16)15-22-20-18-5-3-4-6-19(18)23-21(24-20)26-13-11-25(2)12-14-26/h3-10H,11-15H2,1-2H3,(H,22,23,24). The average molecular weight is 347 g/mol. The maximum Gasteiger partial charge on any atom is 0.227 e. The second kappa shape index (κ2) is 7.30. The van der Waals surface area contributed by atoms with Crippen LogP contribution in [0.3, 0.4) is 0 Å². The molecule has 0 atom stereocenters. The Balaban J connectivity index is 1.62. The van der Waals surface area contributed by atoms with Crippen molar-refractivity contribution in [2.75, 3.05) is 43.4 Å². The van der Waals surface area contributed by atoms with Crippen LogP contribution >= 0.6 is 0 Å². The van der Waals surface area contributed by atoms with Crippen molar-refractivity contribution in [2.45, 2.75) is 13.5 Å². The van der Waals surface area contributed by atoms with Gasteiger partial charge >= 0.3 is 0 Å². The quantitative estimate of drug-likeness (QED) is 0.784. The smallest absolute Gasteiger partial charge is 0.227 e. The lowest BCUT2D eigenvalue weighted by Crippen LogP contribution is -2.45. The van der Waals surface area contributed by atoms with Gasteiger partial charge in [-0.2, -0.15) is 4.98 Å². The maximum absolute atomic E-state index is 4.87. The molecule has 1 saturated heterocycles. The first kappa shape index (κ1) is 16.8. The van der Waals surface area contributed by atoms with Crippen molar-refractivity contribution >= 4 is 22.7 Å². The Bertz CT molecular complexity index is 883. The molecule has 0 aliphatic carbocycles. The van der Waals surface area contributed by atoms with Crippen LogP contribution in [0.2, 0.25) is 0 Å². The minimum atomic E-state index is 0.753. The Morgan fingerprint density at radius 1 is 0.923 bits per heavy atom. The van der Waals surface area contributed by atoms with E-state index >= 15 is 0 Å². The molecule has 2 aromatic carbocycles. The largest absolute Gasteiger partial charge is 0.365 e. The van der Waals surface area contributed by atoms with Crippen LogP contribution in [0.25, 0.3) is 10.9 Å². The lowest BCUT2D eigenvalue weighted by Gasteiger charge is -2.32. The first-order chi connectivity index (χ1) is 12.7. The van der Waals surface area contributed by atoms with Crippen molar-refractivity contribution in [3.63, 3.8) is 0 Å². The summed E-state index contributed by atoms with van der Waals surface area (Å²) in [7, 11) is 2.16. The van der Waals surface area contributed by atoms with Gasteiger partial charge in [-0.15, -0.1) is 0 Å². The number of para-hydroxylation sites is 1. The molecule has 3 aromatic rings. The van der Waals surface area contributed by atoms with Crippen LogP contribution in [-0.2, 0) is 6.54 Å². The Kier molecular flexibility index (Phi) is 4.71. The van der Waals surface area contributed by atoms with Gasteiger partial charge in [0.1, 0.15) is 5.82 Å². The van der Waals surface area contributed by atoms with E-state index in [0.717, 1.165) is 55.4 Å². The first-order valence-corrected chi connectivity index (χ1v) is 9.19. The highest BCUT2D eigenvalue weighted by molar-refractivity contribution is 5.90. The van der Waals surface area contributed by atoms with Crippen molar-refractivity contribution < 1.29 is 0 Å². The van der Waals surface area contributed by atoms with Crippen LogP contribution in [0.5, 0.6) is 0 Å². The van der Waals surface area contributed by atoms with Crippen molar-refractivity contribution in [2.24, 2.45) is 0 Å². The van der Waals surface area contributed by atoms with E-state index < -0.39 is 0 Å². The van der Waals surface area contributed by atoms with E-state index in [1.807, 2.05) is 12.1 Å². The molecule has 5 heteroatoms. The van der Waals surface area contributed by atoms with Gasteiger partial charge in [0.15, 0.2) is 0 Å². The Hall–Kier alpha value is -2.66. The lowest BCUT2D eigenvalue weighted by molar-refractivity contribution is 0.311. The number of fused-ring (bicyclic) bond motifs is 1. The molecular weight excluding hydrogens is 322 g/mol. The molecule has 1 aliphatic heterocycles. The number of nitrogens with one attached hydrogen (secondary N) is 1. The summed E-state index contributed by atoms with van der Waals surface area (Å²) in [5.74, 6) is 1.73. The van der Waals surface area contributed by atoms with Crippen molar-refractivity contribution in [1.82, 2.24) is 14.9 Å². The third-order valence-electron chi connectivity index (χ3n) is 4.96. The Morgan fingerprint density at radius 3 is 2.42 bits per heavy atom. The van der Waals surface area contributed by atoms with Crippen molar-refractivity contribution in [3.05, 3.63) is 59.7 Å². The highest BCUT2D eigenvalue weighted by atomic mass is 15.3. The van der Waals surface area contributed by atoms with Crippen LogP contribution in [0.1, 0.15) is 11.1 Å². The van der Waals surface area contributed by atoms with E-state index in [1.165, 1.54) is 11.1 Å². The van der Waals surface area contributed by atoms with Crippen LogP contribution in [0, 0.1) is 6.92 Å². The molecule has 0 spiro atoms. The fraction of sp³-hybridized carbons (Fsp3) is 0.333. The zero-order valence-electron chi connectivity index (χ0n) is 15.4. The fourth-order valence-corrected chi connectivity index (χ4v) is 3.24. The molecule has 26 heavy (non-hydrogen) atoms. The highest BCUT2D eigenvalue weighted by Crippen LogP contribution is 2.24. The molecule has 0 unspecified atom stereocenters. The lowest BCUT2D eigenvalue weighted by atomic mass is 10.1. The molecule has 1 aliphatic rings. The summed E-state index contributed by atoms with van der Waals surface area (Å²) in [6, 6.07) is 16.8. The zero-order valence-corrected chi connectivity index (χ0v) is 15.4. The maximum atomic E-state index is 4.87. The molecule has 0 radical (unpaired) electrons. The number of aromatic nitrogens is 2. The van der Waals surface area contributed by atoms with Gasteiger partial charge in [0.25, 0.3) is 0 Å². The number of nitrogens with zero attached hydrogens (tertiary/aromatic N) is 4. The van der Waals surface area contributed by atoms with Crippen LogP contribution in [0.4, 0.5) is 11.8 Å². The molecule has 1 aromatic heterocycles. The molecule has 5 nitrogen and oxygen atoms in total. The van der Waals surface area contributed by atoms with Gasteiger partial charge in [-0.1, -0.05) is 42.0 Å². The van der Waals surface area contributed by atoms with E-state index in [4.69, 9.17) is 9.97 Å². The number of rotatable bonds is 4. The summed E-state index contributed by atoms with van der Waals surface area (Å²) in [6.07, 6.45) is 0. The molecule has 1 N–H and O–H groups in total. The van der Waals surface area contributed by atoms with E-state index in [-0.39, 0.29) is 0 Å². The normalized spacial score (nSPS) is 15.4. The molecule has 0 amide bonds. The van der Waals surface area contributed by atoms with E-state index in [9.17, 15) is 0 Å². The molecule has 4 rings (SSSR count). The number of likely N-dealkylation sites (N-methyl/N-ethyl adjacent to an activating group) is 1. The summed E-state index contributed by atoms with van der Waals surface area (Å²) in [5, 5.41) is 4.59. The Morgan fingerprint density at radius 2 is 1.65 bits per heavy atom. The van der Waals surface area contributed by atoms with Gasteiger partial charge < -0.3 is 15.1 Å². The van der Waals surface area contributed by atoms with Gasteiger partial charge in [0.2, 0.25) is 5.95 Å². The van der Waals surface area contributed by atoms with E-state index in [1.54, 1.807) is 0 Å². The molecule has 2 heterocycles. The SMILES string of the molecule is Cc1ccc(CNc2nc(N3CCN(C)CC3)nc3ccccc23)cc1. The predicted octanol–water partition coefficient (Wildman–Crippen LogP) is 3.30. The van der Waals surface area contributed by atoms with E-state index in [2.05, 4.69) is 65.5 Å². The topological polar surface area (TPSA) is 44.3 Å². The predicted molar refractivity (Wildman–Crippen MR) is 108 cm³/mol. The van der Waals surface area contributed by atoms with Crippen LogP contribution in [0.15, 0.2) is 48.5 Å². The van der Waals surface area contributed by atoms with Gasteiger partial charge in [-0.05, 0) is 31.7 Å².